The summed E-state index contributed by atoms with van der Waals surface area (Å²) in [5, 5.41) is 0.755. The third-order valence-electron chi connectivity index (χ3n) is 3.50. The van der Waals surface area contributed by atoms with Gasteiger partial charge in [-0.1, -0.05) is 53.6 Å². The smallest absolute Gasteiger partial charge is 0.0471 e. The Kier molecular flexibility index (Phi) is 5.18. The maximum atomic E-state index is 6.07. The Bertz CT molecular complexity index is 568. The molecule has 0 fully saturated rings. The van der Waals surface area contributed by atoms with E-state index in [2.05, 4.69) is 49.2 Å². The molecular formula is C17H21ClN2. The summed E-state index contributed by atoms with van der Waals surface area (Å²) in [7, 11) is 2.10. The van der Waals surface area contributed by atoms with E-state index in [9.17, 15) is 0 Å². The highest BCUT2D eigenvalue weighted by molar-refractivity contribution is 6.30. The van der Waals surface area contributed by atoms with Gasteiger partial charge in [-0.05, 0) is 37.2 Å². The molecule has 0 amide bonds. The second-order valence-electron chi connectivity index (χ2n) is 5.21. The average molecular weight is 289 g/mol. The van der Waals surface area contributed by atoms with Crippen LogP contribution in [0.4, 0.5) is 0 Å². The highest BCUT2D eigenvalue weighted by Crippen LogP contribution is 2.23. The lowest BCUT2D eigenvalue weighted by atomic mass is 10.0. The Hall–Kier alpha value is -1.35. The second kappa shape index (κ2) is 6.89. The highest BCUT2D eigenvalue weighted by Gasteiger charge is 2.15. The molecule has 2 aromatic rings. The van der Waals surface area contributed by atoms with Crippen LogP contribution in [0.15, 0.2) is 48.5 Å². The van der Waals surface area contributed by atoms with Crippen LogP contribution in [0, 0.1) is 6.92 Å². The molecule has 0 aromatic heterocycles. The summed E-state index contributed by atoms with van der Waals surface area (Å²) in [5.74, 6) is 0. The molecule has 0 saturated heterocycles. The third kappa shape index (κ3) is 3.83. The molecule has 0 aliphatic carbocycles. The molecule has 0 bridgehead atoms. The van der Waals surface area contributed by atoms with Crippen LogP contribution in [0.2, 0.25) is 5.02 Å². The number of nitrogens with two attached hydrogens (primary N) is 1. The van der Waals surface area contributed by atoms with Crippen molar-refractivity contribution >= 4 is 11.6 Å². The average Bonchev–Trinajstić information content (AvgIpc) is 2.39. The first-order valence-corrected chi connectivity index (χ1v) is 7.19. The Morgan fingerprint density at radius 3 is 2.55 bits per heavy atom. The zero-order chi connectivity index (χ0) is 14.5. The van der Waals surface area contributed by atoms with E-state index in [1.807, 2.05) is 18.2 Å². The molecule has 0 spiro atoms. The Balaban J connectivity index is 2.15. The summed E-state index contributed by atoms with van der Waals surface area (Å²) < 4.78 is 0. The van der Waals surface area contributed by atoms with Crippen LogP contribution in [-0.4, -0.2) is 18.5 Å². The van der Waals surface area contributed by atoms with Gasteiger partial charge in [0.1, 0.15) is 0 Å². The van der Waals surface area contributed by atoms with Gasteiger partial charge in [-0.2, -0.15) is 0 Å². The Morgan fingerprint density at radius 2 is 1.90 bits per heavy atom. The molecular weight excluding hydrogens is 268 g/mol. The predicted molar refractivity (Wildman–Crippen MR) is 85.9 cm³/mol. The second-order valence-corrected chi connectivity index (χ2v) is 5.65. The largest absolute Gasteiger partial charge is 0.329 e. The van der Waals surface area contributed by atoms with Crippen LogP contribution < -0.4 is 5.73 Å². The molecule has 0 saturated carbocycles. The molecule has 2 rings (SSSR count). The number of rotatable bonds is 5. The topological polar surface area (TPSA) is 29.3 Å². The van der Waals surface area contributed by atoms with Crippen LogP contribution in [0.25, 0.3) is 0 Å². The fraction of sp³-hybridized carbons (Fsp3) is 0.294. The number of benzene rings is 2. The van der Waals surface area contributed by atoms with Crippen LogP contribution in [0.1, 0.15) is 22.7 Å². The van der Waals surface area contributed by atoms with Crippen molar-refractivity contribution in [2.24, 2.45) is 5.73 Å². The molecule has 1 atom stereocenters. The zero-order valence-corrected chi connectivity index (χ0v) is 12.8. The molecule has 106 valence electrons. The maximum Gasteiger partial charge on any atom is 0.0471 e. The Labute approximate surface area is 126 Å². The number of likely N-dealkylation sites (N-methyl/N-ethyl adjacent to an activating group) is 1. The van der Waals surface area contributed by atoms with E-state index in [-0.39, 0.29) is 6.04 Å². The first kappa shape index (κ1) is 15.0. The molecule has 1 unspecified atom stereocenters. The predicted octanol–water partition coefficient (Wildman–Crippen LogP) is 3.78. The van der Waals surface area contributed by atoms with E-state index in [0.29, 0.717) is 6.54 Å². The van der Waals surface area contributed by atoms with Crippen LogP contribution in [0.3, 0.4) is 0 Å². The lowest BCUT2D eigenvalue weighted by Gasteiger charge is -2.27. The fourth-order valence-electron chi connectivity index (χ4n) is 2.49. The summed E-state index contributed by atoms with van der Waals surface area (Å²) in [6.07, 6.45) is 0. The minimum Gasteiger partial charge on any atom is -0.329 e. The van der Waals surface area contributed by atoms with Crippen molar-refractivity contribution in [2.45, 2.75) is 19.5 Å². The van der Waals surface area contributed by atoms with Gasteiger partial charge in [0.2, 0.25) is 0 Å². The van der Waals surface area contributed by atoms with E-state index in [0.717, 1.165) is 17.1 Å². The summed E-state index contributed by atoms with van der Waals surface area (Å²) >= 11 is 6.07. The number of hydrogen-bond acceptors (Lipinski definition) is 2. The molecule has 3 heteroatoms. The van der Waals surface area contributed by atoms with Gasteiger partial charge in [-0.3, -0.25) is 4.90 Å². The summed E-state index contributed by atoms with van der Waals surface area (Å²) in [6, 6.07) is 16.7. The van der Waals surface area contributed by atoms with Gasteiger partial charge in [0.05, 0.1) is 0 Å². The number of nitrogens with zero attached hydrogens (tertiary/aromatic N) is 1. The summed E-state index contributed by atoms with van der Waals surface area (Å²) in [5.41, 5.74) is 9.70. The number of hydrogen-bond donors (Lipinski definition) is 1. The van der Waals surface area contributed by atoms with E-state index in [4.69, 9.17) is 17.3 Å². The van der Waals surface area contributed by atoms with Gasteiger partial charge < -0.3 is 5.73 Å². The summed E-state index contributed by atoms with van der Waals surface area (Å²) in [6.45, 7) is 3.56. The first-order chi connectivity index (χ1) is 9.60. The van der Waals surface area contributed by atoms with Crippen molar-refractivity contribution in [2.75, 3.05) is 13.6 Å². The molecule has 0 aliphatic rings. The maximum absolute atomic E-state index is 6.07. The van der Waals surface area contributed by atoms with Crippen molar-refractivity contribution < 1.29 is 0 Å². The standard InChI is InChI=1S/C17H21ClN2/c1-13-5-3-6-14(9-13)12-20(2)17(11-19)15-7-4-8-16(18)10-15/h3-10,17H,11-12,19H2,1-2H3. The van der Waals surface area contributed by atoms with Gasteiger partial charge in [0, 0.05) is 24.2 Å². The molecule has 2 nitrogen and oxygen atoms in total. The quantitative estimate of drug-likeness (QED) is 0.907. The lowest BCUT2D eigenvalue weighted by Crippen LogP contribution is -2.30. The molecule has 0 heterocycles. The number of halogens is 1. The lowest BCUT2D eigenvalue weighted by molar-refractivity contribution is 0.242. The first-order valence-electron chi connectivity index (χ1n) is 6.81. The normalized spacial score (nSPS) is 12.7. The highest BCUT2D eigenvalue weighted by atomic mass is 35.5. The molecule has 2 N–H and O–H groups in total. The zero-order valence-electron chi connectivity index (χ0n) is 12.0. The summed E-state index contributed by atoms with van der Waals surface area (Å²) in [4.78, 5) is 2.26. The number of aryl methyl sites for hydroxylation is 1. The van der Waals surface area contributed by atoms with Crippen LogP contribution in [0.5, 0.6) is 0 Å². The minimum absolute atomic E-state index is 0.175. The SMILES string of the molecule is Cc1cccc(CN(C)C(CN)c2cccc(Cl)c2)c1. The van der Waals surface area contributed by atoms with Crippen molar-refractivity contribution in [1.29, 1.82) is 0 Å². The minimum atomic E-state index is 0.175. The monoisotopic (exact) mass is 288 g/mol. The van der Waals surface area contributed by atoms with Gasteiger partial charge >= 0.3 is 0 Å². The van der Waals surface area contributed by atoms with Crippen molar-refractivity contribution in [1.82, 2.24) is 4.90 Å². The van der Waals surface area contributed by atoms with Crippen molar-refractivity contribution in [3.8, 4) is 0 Å². The Morgan fingerprint density at radius 1 is 1.15 bits per heavy atom. The molecule has 2 aromatic carbocycles. The molecule has 0 radical (unpaired) electrons. The van der Waals surface area contributed by atoms with Crippen molar-refractivity contribution in [3.63, 3.8) is 0 Å². The van der Waals surface area contributed by atoms with E-state index in [1.165, 1.54) is 11.1 Å². The molecule has 20 heavy (non-hydrogen) atoms. The van der Waals surface area contributed by atoms with Gasteiger partial charge in [0.25, 0.3) is 0 Å². The fourth-order valence-corrected chi connectivity index (χ4v) is 2.69. The van der Waals surface area contributed by atoms with Gasteiger partial charge in [-0.25, -0.2) is 0 Å². The van der Waals surface area contributed by atoms with E-state index < -0.39 is 0 Å². The molecule has 0 aliphatic heterocycles. The van der Waals surface area contributed by atoms with Crippen LogP contribution in [-0.2, 0) is 6.54 Å². The van der Waals surface area contributed by atoms with E-state index >= 15 is 0 Å². The van der Waals surface area contributed by atoms with Crippen molar-refractivity contribution in [3.05, 3.63) is 70.2 Å². The third-order valence-corrected chi connectivity index (χ3v) is 3.74. The van der Waals surface area contributed by atoms with Crippen LogP contribution >= 0.6 is 11.6 Å². The van der Waals surface area contributed by atoms with Gasteiger partial charge in [0.15, 0.2) is 0 Å². The van der Waals surface area contributed by atoms with Gasteiger partial charge in [-0.15, -0.1) is 0 Å². The van der Waals surface area contributed by atoms with E-state index in [1.54, 1.807) is 0 Å².